The Bertz CT molecular complexity index is 653. The van der Waals surface area contributed by atoms with Crippen molar-refractivity contribution in [2.24, 2.45) is 0 Å². The predicted octanol–water partition coefficient (Wildman–Crippen LogP) is 2.46. The van der Waals surface area contributed by atoms with Crippen LogP contribution in [0.5, 0.6) is 0 Å². The number of nitriles is 1. The number of rotatable bonds is 4. The molecule has 0 radical (unpaired) electrons. The minimum Gasteiger partial charge on any atom is -0.368 e. The van der Waals surface area contributed by atoms with Crippen molar-refractivity contribution in [2.75, 3.05) is 17.2 Å². The SMILES string of the molecule is Cc1cc2c(N(CCC#N)C3CC3)nc(N)nc2s1. The molecule has 0 saturated heterocycles. The summed E-state index contributed by atoms with van der Waals surface area (Å²) in [5.74, 6) is 1.21. The number of nitrogens with two attached hydrogens (primary N) is 1. The van der Waals surface area contributed by atoms with E-state index in [0.717, 1.165) is 16.0 Å². The van der Waals surface area contributed by atoms with Crippen LogP contribution < -0.4 is 10.6 Å². The summed E-state index contributed by atoms with van der Waals surface area (Å²) in [5, 5.41) is 9.86. The van der Waals surface area contributed by atoms with Crippen LogP contribution in [-0.2, 0) is 0 Å². The Kier molecular flexibility index (Phi) is 2.99. The predicted molar refractivity (Wildman–Crippen MR) is 77.2 cm³/mol. The van der Waals surface area contributed by atoms with Gasteiger partial charge in [0, 0.05) is 17.5 Å². The Morgan fingerprint density at radius 3 is 3.00 bits per heavy atom. The molecule has 19 heavy (non-hydrogen) atoms. The topological polar surface area (TPSA) is 78.8 Å². The second-order valence-corrected chi connectivity index (χ2v) is 6.05. The van der Waals surface area contributed by atoms with Crippen LogP contribution in [0.15, 0.2) is 6.07 Å². The normalized spacial score (nSPS) is 14.5. The zero-order valence-corrected chi connectivity index (χ0v) is 11.6. The van der Waals surface area contributed by atoms with Crippen molar-refractivity contribution >= 4 is 33.3 Å². The first-order valence-electron chi connectivity index (χ1n) is 6.36. The monoisotopic (exact) mass is 273 g/mol. The largest absolute Gasteiger partial charge is 0.368 e. The Labute approximate surface area is 115 Å². The molecule has 0 aromatic carbocycles. The molecule has 2 heterocycles. The summed E-state index contributed by atoms with van der Waals surface area (Å²) >= 11 is 1.63. The highest BCUT2D eigenvalue weighted by Crippen LogP contribution is 2.37. The van der Waals surface area contributed by atoms with Gasteiger partial charge in [0.1, 0.15) is 10.6 Å². The van der Waals surface area contributed by atoms with Crippen LogP contribution >= 0.6 is 11.3 Å². The molecule has 0 spiro atoms. The first-order chi connectivity index (χ1) is 9.19. The third-order valence-electron chi connectivity index (χ3n) is 3.24. The second-order valence-electron chi connectivity index (χ2n) is 4.81. The van der Waals surface area contributed by atoms with E-state index >= 15 is 0 Å². The standard InChI is InChI=1S/C13H15N5S/c1-8-7-10-11(16-13(15)17-12(10)19-8)18(6-2-5-14)9-3-4-9/h7,9H,2-4,6H2,1H3,(H2,15,16,17). The highest BCUT2D eigenvalue weighted by Gasteiger charge is 2.31. The van der Waals surface area contributed by atoms with E-state index in [2.05, 4.69) is 33.9 Å². The van der Waals surface area contributed by atoms with E-state index in [9.17, 15) is 0 Å². The number of nitrogens with zero attached hydrogens (tertiary/aromatic N) is 4. The van der Waals surface area contributed by atoms with Crippen molar-refractivity contribution in [3.05, 3.63) is 10.9 Å². The van der Waals surface area contributed by atoms with Crippen LogP contribution in [0.4, 0.5) is 11.8 Å². The Hall–Kier alpha value is -1.87. The molecule has 3 rings (SSSR count). The quantitative estimate of drug-likeness (QED) is 0.925. The van der Waals surface area contributed by atoms with Crippen molar-refractivity contribution < 1.29 is 0 Å². The number of hydrogen-bond donors (Lipinski definition) is 1. The van der Waals surface area contributed by atoms with E-state index in [4.69, 9.17) is 11.0 Å². The van der Waals surface area contributed by atoms with Crippen molar-refractivity contribution in [2.45, 2.75) is 32.2 Å². The van der Waals surface area contributed by atoms with Gasteiger partial charge in [0.05, 0.1) is 17.9 Å². The van der Waals surface area contributed by atoms with Crippen LogP contribution in [0.25, 0.3) is 10.2 Å². The Morgan fingerprint density at radius 1 is 1.53 bits per heavy atom. The molecule has 1 aliphatic rings. The zero-order valence-electron chi connectivity index (χ0n) is 10.8. The molecule has 6 heteroatoms. The molecule has 1 fully saturated rings. The van der Waals surface area contributed by atoms with Crippen molar-refractivity contribution in [1.29, 1.82) is 5.26 Å². The maximum Gasteiger partial charge on any atom is 0.223 e. The molecule has 98 valence electrons. The Balaban J connectivity index is 2.08. The summed E-state index contributed by atoms with van der Waals surface area (Å²) in [6, 6.07) is 4.82. The minimum absolute atomic E-state index is 0.312. The van der Waals surface area contributed by atoms with E-state index in [1.54, 1.807) is 11.3 Å². The van der Waals surface area contributed by atoms with Crippen LogP contribution in [0.1, 0.15) is 24.1 Å². The van der Waals surface area contributed by atoms with Gasteiger partial charge in [-0.25, -0.2) is 4.98 Å². The third kappa shape index (κ3) is 2.34. The van der Waals surface area contributed by atoms with Gasteiger partial charge in [-0.05, 0) is 25.8 Å². The van der Waals surface area contributed by atoms with Crippen LogP contribution in [0.3, 0.4) is 0 Å². The lowest BCUT2D eigenvalue weighted by atomic mass is 10.3. The summed E-state index contributed by atoms with van der Waals surface area (Å²) in [7, 11) is 0. The number of thiophene rings is 1. The van der Waals surface area contributed by atoms with Gasteiger partial charge in [-0.3, -0.25) is 0 Å². The molecule has 5 nitrogen and oxygen atoms in total. The average Bonchev–Trinajstić information content (AvgIpc) is 3.12. The summed E-state index contributed by atoms with van der Waals surface area (Å²) in [6.07, 6.45) is 2.84. The fourth-order valence-electron chi connectivity index (χ4n) is 2.28. The fraction of sp³-hybridized carbons (Fsp3) is 0.462. The molecular weight excluding hydrogens is 258 g/mol. The molecule has 0 unspecified atom stereocenters. The van der Waals surface area contributed by atoms with Crippen LogP contribution in [-0.4, -0.2) is 22.6 Å². The summed E-state index contributed by atoms with van der Waals surface area (Å²) in [6.45, 7) is 2.77. The number of anilines is 2. The van der Waals surface area contributed by atoms with Crippen molar-refractivity contribution in [3.8, 4) is 6.07 Å². The first-order valence-corrected chi connectivity index (χ1v) is 7.18. The minimum atomic E-state index is 0.312. The van der Waals surface area contributed by atoms with Gasteiger partial charge in [0.15, 0.2) is 0 Å². The van der Waals surface area contributed by atoms with Gasteiger partial charge in [0.25, 0.3) is 0 Å². The number of aryl methyl sites for hydroxylation is 1. The molecule has 1 saturated carbocycles. The molecule has 2 aromatic heterocycles. The lowest BCUT2D eigenvalue weighted by Gasteiger charge is -2.23. The highest BCUT2D eigenvalue weighted by atomic mass is 32.1. The second kappa shape index (κ2) is 4.67. The van der Waals surface area contributed by atoms with Crippen molar-refractivity contribution in [1.82, 2.24) is 9.97 Å². The maximum absolute atomic E-state index is 8.80. The third-order valence-corrected chi connectivity index (χ3v) is 4.18. The highest BCUT2D eigenvalue weighted by molar-refractivity contribution is 7.18. The van der Waals surface area contributed by atoms with Crippen LogP contribution in [0, 0.1) is 18.3 Å². The van der Waals surface area contributed by atoms with E-state index in [0.29, 0.717) is 25.0 Å². The van der Waals surface area contributed by atoms with Crippen molar-refractivity contribution in [3.63, 3.8) is 0 Å². The molecule has 0 aliphatic heterocycles. The van der Waals surface area contributed by atoms with Gasteiger partial charge in [-0.15, -0.1) is 11.3 Å². The van der Waals surface area contributed by atoms with Gasteiger partial charge in [-0.2, -0.15) is 10.2 Å². The van der Waals surface area contributed by atoms with Gasteiger partial charge >= 0.3 is 0 Å². The smallest absolute Gasteiger partial charge is 0.223 e. The maximum atomic E-state index is 8.80. The number of aromatic nitrogens is 2. The zero-order chi connectivity index (χ0) is 13.4. The molecule has 2 aromatic rings. The molecule has 0 amide bonds. The number of hydrogen-bond acceptors (Lipinski definition) is 6. The van der Waals surface area contributed by atoms with E-state index in [1.165, 1.54) is 17.7 Å². The van der Waals surface area contributed by atoms with Gasteiger partial charge in [-0.1, -0.05) is 0 Å². The first kappa shape index (κ1) is 12.2. The number of nitrogen functional groups attached to an aromatic ring is 1. The summed E-state index contributed by atoms with van der Waals surface area (Å²) in [5.41, 5.74) is 5.81. The molecule has 2 N–H and O–H groups in total. The van der Waals surface area contributed by atoms with Gasteiger partial charge in [0.2, 0.25) is 5.95 Å². The molecule has 0 atom stereocenters. The lowest BCUT2D eigenvalue weighted by molar-refractivity contribution is 0.782. The van der Waals surface area contributed by atoms with Crippen LogP contribution in [0.2, 0.25) is 0 Å². The molecular formula is C13H15N5S. The fourth-order valence-corrected chi connectivity index (χ4v) is 3.16. The van der Waals surface area contributed by atoms with E-state index in [1.807, 2.05) is 0 Å². The van der Waals surface area contributed by atoms with Gasteiger partial charge < -0.3 is 10.6 Å². The molecule has 0 bridgehead atoms. The summed E-state index contributed by atoms with van der Waals surface area (Å²) < 4.78 is 0. The molecule has 1 aliphatic carbocycles. The number of fused-ring (bicyclic) bond motifs is 1. The summed E-state index contributed by atoms with van der Waals surface area (Å²) in [4.78, 5) is 13.1. The average molecular weight is 273 g/mol. The lowest BCUT2D eigenvalue weighted by Crippen LogP contribution is -2.28. The van der Waals surface area contributed by atoms with E-state index in [-0.39, 0.29) is 0 Å². The Morgan fingerprint density at radius 2 is 2.32 bits per heavy atom. The van der Waals surface area contributed by atoms with E-state index < -0.39 is 0 Å².